The minimum absolute atomic E-state index is 0.219. The van der Waals surface area contributed by atoms with Crippen LogP contribution in [-0.4, -0.2) is 31.8 Å². The number of nitrogens with zero attached hydrogens (tertiary/aromatic N) is 5. The molecule has 4 rings (SSSR count). The van der Waals surface area contributed by atoms with Crippen LogP contribution >= 0.6 is 0 Å². The molecule has 1 aliphatic heterocycles. The standard InChI is InChI=1S/C19H22FN5O/c1-2-16-8-3-4-10-23(16)17-9-11-24-18(21-17)22-25(19(24)26)13-14-6-5-7-15(20)12-14/h5-7,9,11-12,16H,2-4,8,10,13H2,1H3. The topological polar surface area (TPSA) is 55.4 Å². The maximum atomic E-state index is 13.4. The van der Waals surface area contributed by atoms with Gasteiger partial charge in [-0.25, -0.2) is 18.3 Å². The van der Waals surface area contributed by atoms with Gasteiger partial charge < -0.3 is 4.90 Å². The van der Waals surface area contributed by atoms with Gasteiger partial charge in [0.25, 0.3) is 5.78 Å². The van der Waals surface area contributed by atoms with Crippen LogP contribution < -0.4 is 10.6 Å². The molecule has 6 nitrogen and oxygen atoms in total. The lowest BCUT2D eigenvalue weighted by atomic mass is 10.0. The highest BCUT2D eigenvalue weighted by Gasteiger charge is 2.22. The van der Waals surface area contributed by atoms with Crippen LogP contribution in [0.5, 0.6) is 0 Å². The molecule has 1 unspecified atom stereocenters. The molecular weight excluding hydrogens is 333 g/mol. The summed E-state index contributed by atoms with van der Waals surface area (Å²) < 4.78 is 16.1. The third kappa shape index (κ3) is 3.09. The molecule has 7 heteroatoms. The molecule has 2 aromatic heterocycles. The van der Waals surface area contributed by atoms with E-state index in [9.17, 15) is 9.18 Å². The molecule has 0 spiro atoms. The Bertz CT molecular complexity index is 979. The number of aromatic nitrogens is 4. The van der Waals surface area contributed by atoms with Crippen molar-refractivity contribution in [3.63, 3.8) is 0 Å². The Morgan fingerprint density at radius 3 is 2.96 bits per heavy atom. The summed E-state index contributed by atoms with van der Waals surface area (Å²) in [7, 11) is 0. The molecule has 3 aromatic rings. The monoisotopic (exact) mass is 355 g/mol. The van der Waals surface area contributed by atoms with Crippen LogP contribution in [0, 0.1) is 5.82 Å². The van der Waals surface area contributed by atoms with E-state index in [0.717, 1.165) is 25.2 Å². The van der Waals surface area contributed by atoms with Crippen LogP contribution in [0.1, 0.15) is 38.2 Å². The summed E-state index contributed by atoms with van der Waals surface area (Å²) in [5.41, 5.74) is 0.423. The molecule has 1 aliphatic rings. The normalized spacial score (nSPS) is 17.8. The first kappa shape index (κ1) is 16.8. The largest absolute Gasteiger partial charge is 0.353 e. The van der Waals surface area contributed by atoms with Gasteiger partial charge in [0.2, 0.25) is 0 Å². The zero-order valence-corrected chi connectivity index (χ0v) is 14.8. The van der Waals surface area contributed by atoms with Crippen molar-refractivity contribution in [1.29, 1.82) is 0 Å². The first-order valence-electron chi connectivity index (χ1n) is 9.13. The van der Waals surface area contributed by atoms with Crippen molar-refractivity contribution in [2.24, 2.45) is 0 Å². The Morgan fingerprint density at radius 2 is 2.15 bits per heavy atom. The number of halogens is 1. The second-order valence-corrected chi connectivity index (χ2v) is 6.78. The van der Waals surface area contributed by atoms with E-state index in [1.165, 1.54) is 34.1 Å². The summed E-state index contributed by atoms with van der Waals surface area (Å²) in [4.78, 5) is 19.5. The Hall–Kier alpha value is -2.70. The fraction of sp³-hybridized carbons (Fsp3) is 0.421. The van der Waals surface area contributed by atoms with Crippen LogP contribution in [0.4, 0.5) is 10.2 Å². The van der Waals surface area contributed by atoms with Gasteiger partial charge in [0, 0.05) is 18.8 Å². The maximum Gasteiger partial charge on any atom is 0.351 e. The number of hydrogen-bond acceptors (Lipinski definition) is 4. The zero-order valence-electron chi connectivity index (χ0n) is 14.8. The summed E-state index contributed by atoms with van der Waals surface area (Å²) in [5.74, 6) is 0.923. The van der Waals surface area contributed by atoms with E-state index in [-0.39, 0.29) is 18.1 Å². The first-order valence-corrected chi connectivity index (χ1v) is 9.13. The highest BCUT2D eigenvalue weighted by Crippen LogP contribution is 2.24. The second kappa shape index (κ2) is 6.90. The van der Waals surface area contributed by atoms with Gasteiger partial charge in [-0.15, -0.1) is 5.10 Å². The average Bonchev–Trinajstić information content (AvgIpc) is 2.96. The maximum absolute atomic E-state index is 13.4. The van der Waals surface area contributed by atoms with E-state index in [0.29, 0.717) is 17.4 Å². The molecule has 0 N–H and O–H groups in total. The van der Waals surface area contributed by atoms with Crippen molar-refractivity contribution in [2.75, 3.05) is 11.4 Å². The van der Waals surface area contributed by atoms with E-state index in [1.807, 2.05) is 6.07 Å². The first-order chi connectivity index (χ1) is 12.7. The zero-order chi connectivity index (χ0) is 18.1. The van der Waals surface area contributed by atoms with E-state index in [2.05, 4.69) is 21.9 Å². The highest BCUT2D eigenvalue weighted by atomic mass is 19.1. The minimum Gasteiger partial charge on any atom is -0.353 e. The molecule has 3 heterocycles. The SMILES string of the molecule is CCC1CCCCN1c1ccn2c(=O)n(Cc3cccc(F)c3)nc2n1. The Labute approximate surface area is 150 Å². The van der Waals surface area contributed by atoms with Gasteiger partial charge in [-0.1, -0.05) is 19.1 Å². The summed E-state index contributed by atoms with van der Waals surface area (Å²) in [6.45, 7) is 3.40. The Kier molecular flexibility index (Phi) is 4.44. The number of hydrogen-bond donors (Lipinski definition) is 0. The van der Waals surface area contributed by atoms with Crippen molar-refractivity contribution in [1.82, 2.24) is 19.2 Å². The highest BCUT2D eigenvalue weighted by molar-refractivity contribution is 5.45. The summed E-state index contributed by atoms with van der Waals surface area (Å²) in [5, 5.41) is 4.35. The van der Waals surface area contributed by atoms with E-state index >= 15 is 0 Å². The predicted octanol–water partition coefficient (Wildman–Crippen LogP) is 2.85. The smallest absolute Gasteiger partial charge is 0.351 e. The van der Waals surface area contributed by atoms with E-state index in [1.54, 1.807) is 18.3 Å². The van der Waals surface area contributed by atoms with Gasteiger partial charge in [0.15, 0.2) is 0 Å². The van der Waals surface area contributed by atoms with Crippen molar-refractivity contribution in [3.8, 4) is 0 Å². The molecule has 1 saturated heterocycles. The summed E-state index contributed by atoms with van der Waals surface area (Å²) >= 11 is 0. The van der Waals surface area contributed by atoms with Crippen molar-refractivity contribution in [2.45, 2.75) is 45.2 Å². The fourth-order valence-corrected chi connectivity index (χ4v) is 3.69. The second-order valence-electron chi connectivity index (χ2n) is 6.78. The molecule has 1 atom stereocenters. The third-order valence-corrected chi connectivity index (χ3v) is 5.05. The Balaban J connectivity index is 1.67. The summed E-state index contributed by atoms with van der Waals surface area (Å²) in [6.07, 6.45) is 6.39. The lowest BCUT2D eigenvalue weighted by Crippen LogP contribution is -2.39. The summed E-state index contributed by atoms with van der Waals surface area (Å²) in [6, 6.07) is 8.57. The molecule has 0 saturated carbocycles. The molecule has 1 aromatic carbocycles. The van der Waals surface area contributed by atoms with Gasteiger partial charge in [0.1, 0.15) is 11.6 Å². The van der Waals surface area contributed by atoms with Crippen LogP contribution in [-0.2, 0) is 6.54 Å². The lowest BCUT2D eigenvalue weighted by Gasteiger charge is -2.36. The molecule has 136 valence electrons. The quantitative estimate of drug-likeness (QED) is 0.722. The number of fused-ring (bicyclic) bond motifs is 1. The van der Waals surface area contributed by atoms with E-state index < -0.39 is 0 Å². The van der Waals surface area contributed by atoms with Gasteiger partial charge in [0.05, 0.1) is 6.54 Å². The number of piperidine rings is 1. The molecule has 0 bridgehead atoms. The average molecular weight is 355 g/mol. The number of anilines is 1. The van der Waals surface area contributed by atoms with Crippen molar-refractivity contribution >= 4 is 11.6 Å². The number of benzene rings is 1. The van der Waals surface area contributed by atoms with Crippen LogP contribution in [0.3, 0.4) is 0 Å². The van der Waals surface area contributed by atoms with E-state index in [4.69, 9.17) is 0 Å². The van der Waals surface area contributed by atoms with Crippen molar-refractivity contribution in [3.05, 3.63) is 58.4 Å². The molecule has 0 amide bonds. The molecule has 0 aliphatic carbocycles. The molecule has 0 radical (unpaired) electrons. The fourth-order valence-electron chi connectivity index (χ4n) is 3.69. The van der Waals surface area contributed by atoms with Crippen LogP contribution in [0.2, 0.25) is 0 Å². The lowest BCUT2D eigenvalue weighted by molar-refractivity contribution is 0.447. The van der Waals surface area contributed by atoms with Gasteiger partial charge in [-0.3, -0.25) is 0 Å². The van der Waals surface area contributed by atoms with Crippen LogP contribution in [0.15, 0.2) is 41.3 Å². The molecular formula is C19H22FN5O. The molecule has 1 fully saturated rings. The van der Waals surface area contributed by atoms with Crippen LogP contribution in [0.25, 0.3) is 5.78 Å². The van der Waals surface area contributed by atoms with Crippen molar-refractivity contribution < 1.29 is 4.39 Å². The third-order valence-electron chi connectivity index (χ3n) is 5.05. The van der Waals surface area contributed by atoms with Gasteiger partial charge in [-0.05, 0) is 49.4 Å². The molecule has 26 heavy (non-hydrogen) atoms. The number of rotatable bonds is 4. The van der Waals surface area contributed by atoms with Gasteiger partial charge >= 0.3 is 5.69 Å². The van der Waals surface area contributed by atoms with Gasteiger partial charge in [-0.2, -0.15) is 4.98 Å². The minimum atomic E-state index is -0.324. The Morgan fingerprint density at radius 1 is 1.27 bits per heavy atom. The predicted molar refractivity (Wildman–Crippen MR) is 98.0 cm³/mol.